The first-order valence-corrected chi connectivity index (χ1v) is 9.62. The summed E-state index contributed by atoms with van der Waals surface area (Å²) in [4.78, 5) is 12.2. The maximum absolute atomic E-state index is 12.2. The highest BCUT2D eigenvalue weighted by Crippen LogP contribution is 2.28. The normalized spacial score (nSPS) is 17.6. The molecule has 0 bridgehead atoms. The lowest BCUT2D eigenvalue weighted by atomic mass is 9.85. The molecular weight excluding hydrogens is 326 g/mol. The van der Waals surface area contributed by atoms with E-state index in [1.807, 2.05) is 42.5 Å². The van der Waals surface area contributed by atoms with Gasteiger partial charge in [-0.1, -0.05) is 68.5 Å². The molecule has 5 N–H and O–H groups in total. The molecule has 1 unspecified atom stereocenters. The van der Waals surface area contributed by atoms with Gasteiger partial charge in [0.1, 0.15) is 6.10 Å². The number of carbonyl (C=O) groups excluding carboxylic acids is 1. The number of aliphatic hydroxyl groups is 1. The number of fused-ring (bicyclic) bond motifs is 1. The average molecular weight is 355 g/mol. The summed E-state index contributed by atoms with van der Waals surface area (Å²) in [5, 5.41) is 12.3. The van der Waals surface area contributed by atoms with E-state index in [1.165, 1.54) is 32.1 Å². The van der Waals surface area contributed by atoms with Gasteiger partial charge in [-0.2, -0.15) is 0 Å². The lowest BCUT2D eigenvalue weighted by Crippen LogP contribution is -2.48. The van der Waals surface area contributed by atoms with Gasteiger partial charge in [-0.3, -0.25) is 15.6 Å². The summed E-state index contributed by atoms with van der Waals surface area (Å²) < 4.78 is 0. The topological polar surface area (TPSA) is 87.4 Å². The van der Waals surface area contributed by atoms with Gasteiger partial charge in [0.15, 0.2) is 0 Å². The van der Waals surface area contributed by atoms with Crippen molar-refractivity contribution in [2.24, 2.45) is 11.7 Å². The van der Waals surface area contributed by atoms with E-state index < -0.39 is 18.1 Å². The van der Waals surface area contributed by atoms with E-state index in [4.69, 9.17) is 5.73 Å². The van der Waals surface area contributed by atoms with E-state index in [1.54, 1.807) is 0 Å². The third-order valence-corrected chi connectivity index (χ3v) is 5.42. The van der Waals surface area contributed by atoms with E-state index in [0.29, 0.717) is 12.3 Å². The van der Waals surface area contributed by atoms with Gasteiger partial charge in [-0.15, -0.1) is 0 Å². The molecule has 0 heterocycles. The molecule has 5 heteroatoms. The summed E-state index contributed by atoms with van der Waals surface area (Å²) in [5.41, 5.74) is 12.4. The van der Waals surface area contributed by atoms with Crippen LogP contribution in [-0.4, -0.2) is 23.2 Å². The van der Waals surface area contributed by atoms with E-state index >= 15 is 0 Å². The Kier molecular flexibility index (Phi) is 6.47. The molecule has 5 nitrogen and oxygen atoms in total. The van der Waals surface area contributed by atoms with E-state index in [0.717, 1.165) is 22.9 Å². The Hall–Kier alpha value is -2.11. The maximum Gasteiger partial charge on any atom is 0.268 e. The van der Waals surface area contributed by atoms with Crippen LogP contribution in [0.2, 0.25) is 0 Å². The lowest BCUT2D eigenvalue weighted by Gasteiger charge is -2.24. The predicted octanol–water partition coefficient (Wildman–Crippen LogP) is 3.33. The van der Waals surface area contributed by atoms with Gasteiger partial charge in [0.2, 0.25) is 0 Å². The second-order valence-corrected chi connectivity index (χ2v) is 7.33. The third kappa shape index (κ3) is 4.74. The first-order chi connectivity index (χ1) is 12.6. The first kappa shape index (κ1) is 18.7. The fourth-order valence-corrected chi connectivity index (χ4v) is 3.79. The number of hydrogen-bond donors (Lipinski definition) is 4. The number of rotatable bonds is 7. The monoisotopic (exact) mass is 355 g/mol. The van der Waals surface area contributed by atoms with Gasteiger partial charge in [-0.05, 0) is 30.2 Å². The maximum atomic E-state index is 12.2. The first-order valence-electron chi connectivity index (χ1n) is 9.62. The number of carbonyl (C=O) groups is 1. The molecule has 140 valence electrons. The summed E-state index contributed by atoms with van der Waals surface area (Å²) in [5.74, 6) is 0.202. The molecule has 1 amide bonds. The summed E-state index contributed by atoms with van der Waals surface area (Å²) in [6, 6.07) is 13.2. The number of aliphatic hydroxyl groups excluding tert-OH is 1. The van der Waals surface area contributed by atoms with Crippen LogP contribution in [0.1, 0.15) is 44.9 Å². The number of anilines is 1. The molecule has 3 rings (SSSR count). The van der Waals surface area contributed by atoms with E-state index in [9.17, 15) is 9.90 Å². The Bertz CT molecular complexity index is 723. The van der Waals surface area contributed by atoms with Gasteiger partial charge < -0.3 is 10.8 Å². The van der Waals surface area contributed by atoms with E-state index in [-0.39, 0.29) is 0 Å². The molecule has 0 saturated heterocycles. The minimum atomic E-state index is -1.21. The summed E-state index contributed by atoms with van der Waals surface area (Å²) in [7, 11) is 0. The largest absolute Gasteiger partial charge is 0.382 e. The van der Waals surface area contributed by atoms with Crippen molar-refractivity contribution < 1.29 is 9.90 Å². The predicted molar refractivity (Wildman–Crippen MR) is 106 cm³/mol. The van der Waals surface area contributed by atoms with Crippen LogP contribution in [0.5, 0.6) is 0 Å². The van der Waals surface area contributed by atoms with Crippen LogP contribution in [-0.2, 0) is 4.79 Å². The molecule has 0 spiro atoms. The SMILES string of the molecule is N[C@H](CCC1CCCCC1)C(O)C(=O)NNc1cccc2ccccc12. The number of amides is 1. The van der Waals surface area contributed by atoms with Gasteiger partial charge in [0, 0.05) is 11.4 Å². The van der Waals surface area contributed by atoms with Crippen LogP contribution in [0.4, 0.5) is 5.69 Å². The molecule has 1 fully saturated rings. The Labute approximate surface area is 154 Å². The van der Waals surface area contributed by atoms with Crippen molar-refractivity contribution in [3.05, 3.63) is 42.5 Å². The Morgan fingerprint density at radius 3 is 2.65 bits per heavy atom. The second-order valence-electron chi connectivity index (χ2n) is 7.33. The molecule has 2 atom stereocenters. The lowest BCUT2D eigenvalue weighted by molar-refractivity contribution is -0.129. The van der Waals surface area contributed by atoms with Gasteiger partial charge in [-0.25, -0.2) is 0 Å². The van der Waals surface area contributed by atoms with Crippen LogP contribution >= 0.6 is 0 Å². The fraction of sp³-hybridized carbons (Fsp3) is 0.476. The Morgan fingerprint density at radius 2 is 1.85 bits per heavy atom. The van der Waals surface area contributed by atoms with Gasteiger partial charge >= 0.3 is 0 Å². The van der Waals surface area contributed by atoms with E-state index in [2.05, 4.69) is 10.9 Å². The molecule has 0 aliphatic heterocycles. The number of hydrogen-bond acceptors (Lipinski definition) is 4. The standard InChI is InChI=1S/C21H29N3O2/c22-18(14-13-15-7-2-1-3-8-15)20(25)21(26)24-23-19-12-6-10-16-9-4-5-11-17(16)19/h4-6,9-12,15,18,20,23,25H,1-3,7-8,13-14,22H2,(H,24,26)/t18-,20?/m1/s1. The zero-order valence-electron chi connectivity index (χ0n) is 15.2. The van der Waals surface area contributed by atoms with Crippen molar-refractivity contribution in [2.45, 2.75) is 57.1 Å². The highest BCUT2D eigenvalue weighted by Gasteiger charge is 2.24. The zero-order chi connectivity index (χ0) is 18.4. The molecule has 0 aromatic heterocycles. The summed E-state index contributed by atoms with van der Waals surface area (Å²) in [6.07, 6.45) is 6.86. The minimum Gasteiger partial charge on any atom is -0.382 e. The van der Waals surface area contributed by atoms with Gasteiger partial charge in [0.05, 0.1) is 5.69 Å². The summed E-state index contributed by atoms with van der Waals surface area (Å²) in [6.45, 7) is 0. The van der Waals surface area contributed by atoms with Crippen molar-refractivity contribution in [1.29, 1.82) is 0 Å². The Balaban J connectivity index is 1.50. The second kappa shape index (κ2) is 9.01. The quantitative estimate of drug-likeness (QED) is 0.574. The van der Waals surface area contributed by atoms with Crippen molar-refractivity contribution in [2.75, 3.05) is 5.43 Å². The third-order valence-electron chi connectivity index (χ3n) is 5.42. The molecule has 1 aliphatic rings. The van der Waals surface area contributed by atoms with Crippen LogP contribution in [0, 0.1) is 5.92 Å². The smallest absolute Gasteiger partial charge is 0.268 e. The summed E-state index contributed by atoms with van der Waals surface area (Å²) >= 11 is 0. The fourth-order valence-electron chi connectivity index (χ4n) is 3.79. The highest BCUT2D eigenvalue weighted by molar-refractivity contribution is 5.94. The van der Waals surface area contributed by atoms with Crippen molar-refractivity contribution in [3.8, 4) is 0 Å². The average Bonchev–Trinajstić information content (AvgIpc) is 2.70. The molecule has 1 aliphatic carbocycles. The van der Waals surface area contributed by atoms with Crippen molar-refractivity contribution in [1.82, 2.24) is 5.43 Å². The van der Waals surface area contributed by atoms with Crippen LogP contribution in [0.3, 0.4) is 0 Å². The van der Waals surface area contributed by atoms with Crippen LogP contribution in [0.15, 0.2) is 42.5 Å². The van der Waals surface area contributed by atoms with Crippen molar-refractivity contribution in [3.63, 3.8) is 0 Å². The zero-order valence-corrected chi connectivity index (χ0v) is 15.2. The molecular formula is C21H29N3O2. The van der Waals surface area contributed by atoms with Crippen molar-refractivity contribution >= 4 is 22.4 Å². The Morgan fingerprint density at radius 1 is 1.12 bits per heavy atom. The minimum absolute atomic E-state index is 0.492. The number of hydrazine groups is 1. The molecule has 2 aromatic rings. The van der Waals surface area contributed by atoms with Crippen LogP contribution < -0.4 is 16.6 Å². The van der Waals surface area contributed by atoms with Crippen LogP contribution in [0.25, 0.3) is 10.8 Å². The molecule has 0 radical (unpaired) electrons. The molecule has 26 heavy (non-hydrogen) atoms. The molecule has 1 saturated carbocycles. The molecule has 2 aromatic carbocycles. The number of benzene rings is 2. The number of nitrogens with two attached hydrogens (primary N) is 1. The van der Waals surface area contributed by atoms with Gasteiger partial charge in [0.25, 0.3) is 5.91 Å². The highest BCUT2D eigenvalue weighted by atomic mass is 16.3. The number of nitrogens with one attached hydrogen (secondary N) is 2.